The van der Waals surface area contributed by atoms with Crippen LogP contribution in [-0.4, -0.2) is 10.3 Å². The lowest BCUT2D eigenvalue weighted by atomic mass is 9.95. The molecule has 8 aromatic carbocycles. The summed E-state index contributed by atoms with van der Waals surface area (Å²) in [6.07, 6.45) is 3.09. The van der Waals surface area contributed by atoms with Crippen LogP contribution in [0.4, 0.5) is 0 Å². The van der Waals surface area contributed by atoms with Crippen LogP contribution in [0.5, 0.6) is 0 Å². The number of aliphatic imine (C=N–C) groups is 1. The Hall–Kier alpha value is -6.45. The number of nitrogens with zero attached hydrogens (tertiary/aromatic N) is 2. The number of fused-ring (bicyclic) bond motifs is 13. The molecule has 49 heavy (non-hydrogen) atoms. The maximum Gasteiger partial charge on any atom is 0.135 e. The molecular formula is C46H28N2O. The van der Waals surface area contributed by atoms with E-state index < -0.39 is 0 Å². The van der Waals surface area contributed by atoms with Crippen molar-refractivity contribution in [2.75, 3.05) is 0 Å². The Morgan fingerprint density at radius 2 is 1.16 bits per heavy atom. The number of furan rings is 1. The molecule has 0 amide bonds. The maximum absolute atomic E-state index is 6.22. The number of para-hydroxylation sites is 1. The van der Waals surface area contributed by atoms with Gasteiger partial charge in [-0.15, -0.1) is 0 Å². The number of allylic oxidation sites excluding steroid dienone is 1. The van der Waals surface area contributed by atoms with Crippen molar-refractivity contribution in [1.29, 1.82) is 0 Å². The van der Waals surface area contributed by atoms with Gasteiger partial charge in [0.1, 0.15) is 17.0 Å². The van der Waals surface area contributed by atoms with E-state index in [1.54, 1.807) is 0 Å². The number of benzene rings is 8. The molecular weight excluding hydrogens is 597 g/mol. The highest BCUT2D eigenvalue weighted by Crippen LogP contribution is 2.44. The molecule has 0 fully saturated rings. The minimum absolute atomic E-state index is 0.773. The van der Waals surface area contributed by atoms with E-state index in [9.17, 15) is 0 Å². The lowest BCUT2D eigenvalue weighted by molar-refractivity contribution is 0.669. The Bertz CT molecular complexity index is 3080. The van der Waals surface area contributed by atoms with Gasteiger partial charge in [-0.1, -0.05) is 115 Å². The predicted octanol–water partition coefficient (Wildman–Crippen LogP) is 12.0. The van der Waals surface area contributed by atoms with Crippen LogP contribution in [0.3, 0.4) is 0 Å². The van der Waals surface area contributed by atoms with Crippen LogP contribution < -0.4 is 0 Å². The molecule has 1 aliphatic rings. The van der Waals surface area contributed by atoms with Crippen molar-refractivity contribution < 1.29 is 4.42 Å². The number of hydrogen-bond acceptors (Lipinski definition) is 2. The molecule has 3 heterocycles. The summed E-state index contributed by atoms with van der Waals surface area (Å²) in [5.41, 5.74) is 8.58. The van der Waals surface area contributed by atoms with Crippen LogP contribution in [0.15, 0.2) is 167 Å². The normalized spacial score (nSPS) is 13.5. The third kappa shape index (κ3) is 3.81. The van der Waals surface area contributed by atoms with E-state index in [1.165, 1.54) is 54.2 Å². The molecule has 2 aromatic heterocycles. The zero-order valence-corrected chi connectivity index (χ0v) is 26.5. The van der Waals surface area contributed by atoms with E-state index in [-0.39, 0.29) is 0 Å². The van der Waals surface area contributed by atoms with Gasteiger partial charge in [0.15, 0.2) is 0 Å². The van der Waals surface area contributed by atoms with Crippen molar-refractivity contribution >= 4 is 87.6 Å². The summed E-state index contributed by atoms with van der Waals surface area (Å²) in [5, 5.41) is 12.2. The fourth-order valence-corrected chi connectivity index (χ4v) is 8.19. The highest BCUT2D eigenvalue weighted by atomic mass is 16.3. The molecule has 10 aromatic rings. The van der Waals surface area contributed by atoms with Crippen LogP contribution in [0.1, 0.15) is 16.7 Å². The average molecular weight is 625 g/mol. The van der Waals surface area contributed by atoms with Gasteiger partial charge >= 0.3 is 0 Å². The highest BCUT2D eigenvalue weighted by molar-refractivity contribution is 6.33. The third-order valence-electron chi connectivity index (χ3n) is 10.4. The first-order valence-electron chi connectivity index (χ1n) is 16.9. The minimum Gasteiger partial charge on any atom is -0.456 e. The summed E-state index contributed by atoms with van der Waals surface area (Å²) in [6, 6.07) is 54.6. The summed E-state index contributed by atoms with van der Waals surface area (Å²) >= 11 is 0. The first-order chi connectivity index (χ1) is 24.3. The van der Waals surface area contributed by atoms with E-state index in [0.717, 1.165) is 56.5 Å². The minimum atomic E-state index is 0.773. The van der Waals surface area contributed by atoms with Gasteiger partial charge in [0.2, 0.25) is 0 Å². The fraction of sp³-hybridized carbons (Fsp3) is 0.0217. The molecule has 0 aliphatic carbocycles. The Morgan fingerprint density at radius 1 is 0.510 bits per heavy atom. The fourth-order valence-electron chi connectivity index (χ4n) is 8.19. The molecule has 1 aliphatic heterocycles. The Balaban J connectivity index is 1.28. The van der Waals surface area contributed by atoms with E-state index in [2.05, 4.69) is 150 Å². The number of rotatable bonds is 2. The average Bonchev–Trinajstić information content (AvgIpc) is 3.63. The standard InChI is InChI=1S/C46H28N2O/c1-2-13-30-27-40-39(25-29(30)12-1)44-36-18-7-5-15-33(36)34-16-6-8-19-37(34)46(44)48(40)43-24-22-28-11-3-4-14-32(28)45(47-43)31-21-23-42-38(26-31)35-17-9-10-20-41(35)49-42/h1-21,23-27H,22H2. The van der Waals surface area contributed by atoms with Crippen LogP contribution in [0, 0.1) is 0 Å². The lowest BCUT2D eigenvalue weighted by Gasteiger charge is -2.14. The highest BCUT2D eigenvalue weighted by Gasteiger charge is 2.23. The van der Waals surface area contributed by atoms with Crippen molar-refractivity contribution in [1.82, 2.24) is 4.57 Å². The van der Waals surface area contributed by atoms with Crippen molar-refractivity contribution in [3.63, 3.8) is 0 Å². The molecule has 0 saturated heterocycles. The largest absolute Gasteiger partial charge is 0.456 e. The maximum atomic E-state index is 6.22. The molecule has 0 saturated carbocycles. The van der Waals surface area contributed by atoms with Gasteiger partial charge in [-0.2, -0.15) is 0 Å². The van der Waals surface area contributed by atoms with Gasteiger partial charge in [0.05, 0.1) is 16.7 Å². The lowest BCUT2D eigenvalue weighted by Crippen LogP contribution is -2.06. The van der Waals surface area contributed by atoms with Crippen molar-refractivity contribution in [2.24, 2.45) is 4.99 Å². The van der Waals surface area contributed by atoms with Crippen molar-refractivity contribution in [3.8, 4) is 0 Å². The van der Waals surface area contributed by atoms with Crippen LogP contribution in [0.2, 0.25) is 0 Å². The van der Waals surface area contributed by atoms with Crippen molar-refractivity contribution in [2.45, 2.75) is 6.42 Å². The van der Waals surface area contributed by atoms with Crippen molar-refractivity contribution in [3.05, 3.63) is 174 Å². The van der Waals surface area contributed by atoms with Crippen LogP contribution >= 0.6 is 0 Å². The second kappa shape index (κ2) is 10.0. The summed E-state index contributed by atoms with van der Waals surface area (Å²) in [6.45, 7) is 0. The Kier molecular flexibility index (Phi) is 5.44. The zero-order valence-electron chi connectivity index (χ0n) is 26.5. The second-order valence-corrected chi connectivity index (χ2v) is 13.1. The number of aromatic nitrogens is 1. The monoisotopic (exact) mass is 624 g/mol. The molecule has 3 heteroatoms. The molecule has 0 atom stereocenters. The van der Waals surface area contributed by atoms with E-state index in [1.807, 2.05) is 12.1 Å². The quantitative estimate of drug-likeness (QED) is 0.176. The van der Waals surface area contributed by atoms with Gasteiger partial charge in [-0.05, 0) is 81.4 Å². The van der Waals surface area contributed by atoms with Gasteiger partial charge < -0.3 is 4.42 Å². The number of hydrogen-bond donors (Lipinski definition) is 0. The summed E-state index contributed by atoms with van der Waals surface area (Å²) < 4.78 is 8.66. The summed E-state index contributed by atoms with van der Waals surface area (Å²) in [7, 11) is 0. The SMILES string of the molecule is C1=C(n2c3cc4ccccc4cc3c3c4ccccc4c4ccccc4c32)N=C(c2ccc3oc4ccccc4c3c2)c2ccccc2C1. The van der Waals surface area contributed by atoms with E-state index >= 15 is 0 Å². The predicted molar refractivity (Wildman–Crippen MR) is 206 cm³/mol. The first kappa shape index (κ1) is 26.6. The first-order valence-corrected chi connectivity index (χ1v) is 16.9. The summed E-state index contributed by atoms with van der Waals surface area (Å²) in [5.74, 6) is 0.930. The van der Waals surface area contributed by atoms with Gasteiger partial charge in [0, 0.05) is 38.1 Å². The topological polar surface area (TPSA) is 30.4 Å². The van der Waals surface area contributed by atoms with Crippen LogP contribution in [-0.2, 0) is 6.42 Å². The van der Waals surface area contributed by atoms with Gasteiger partial charge in [0.25, 0.3) is 0 Å². The zero-order chi connectivity index (χ0) is 32.1. The molecule has 3 nitrogen and oxygen atoms in total. The van der Waals surface area contributed by atoms with Crippen LogP contribution in [0.25, 0.3) is 81.9 Å². The smallest absolute Gasteiger partial charge is 0.135 e. The molecule has 228 valence electrons. The molecule has 0 N–H and O–H groups in total. The van der Waals surface area contributed by atoms with Gasteiger partial charge in [-0.25, -0.2) is 4.99 Å². The Labute approximate surface area is 281 Å². The molecule has 0 bridgehead atoms. The molecule has 11 rings (SSSR count). The molecule has 0 spiro atoms. The van der Waals surface area contributed by atoms with Gasteiger partial charge in [-0.3, -0.25) is 4.57 Å². The molecule has 0 unspecified atom stereocenters. The Morgan fingerprint density at radius 3 is 2.02 bits per heavy atom. The molecule has 0 radical (unpaired) electrons. The third-order valence-corrected chi connectivity index (χ3v) is 10.4. The van der Waals surface area contributed by atoms with E-state index in [4.69, 9.17) is 9.41 Å². The van der Waals surface area contributed by atoms with E-state index in [0.29, 0.717) is 0 Å². The second-order valence-electron chi connectivity index (χ2n) is 13.1. The summed E-state index contributed by atoms with van der Waals surface area (Å²) in [4.78, 5) is 5.68.